The van der Waals surface area contributed by atoms with Crippen molar-refractivity contribution in [1.29, 1.82) is 0 Å². The zero-order valence-electron chi connectivity index (χ0n) is 13.5. The highest BCUT2D eigenvalue weighted by Gasteiger charge is 2.27. The standard InChI is InChI=1S/C16H16F2N2O4S2/c17-15-8-7-14(11-16(15)18)25(21,22)19-12-3-5-13(6-4-12)26(23,24)20-9-1-2-10-20/h3-8,11,19H,1-2,9-10H2. The third kappa shape index (κ3) is 3.71. The summed E-state index contributed by atoms with van der Waals surface area (Å²) in [6, 6.07) is 7.45. The third-order valence-corrected chi connectivity index (χ3v) is 7.30. The second-order valence-electron chi connectivity index (χ2n) is 5.82. The molecule has 1 aliphatic rings. The summed E-state index contributed by atoms with van der Waals surface area (Å²) in [5, 5.41) is 0. The fourth-order valence-electron chi connectivity index (χ4n) is 2.63. The van der Waals surface area contributed by atoms with Crippen molar-refractivity contribution in [3.05, 3.63) is 54.1 Å². The van der Waals surface area contributed by atoms with Gasteiger partial charge in [-0.2, -0.15) is 4.31 Å². The van der Waals surface area contributed by atoms with Crippen molar-refractivity contribution < 1.29 is 25.6 Å². The number of nitrogens with one attached hydrogen (secondary N) is 1. The van der Waals surface area contributed by atoms with Crippen LogP contribution in [0.5, 0.6) is 0 Å². The van der Waals surface area contributed by atoms with Gasteiger partial charge < -0.3 is 0 Å². The van der Waals surface area contributed by atoms with E-state index >= 15 is 0 Å². The minimum absolute atomic E-state index is 0.0650. The van der Waals surface area contributed by atoms with Gasteiger partial charge in [-0.1, -0.05) is 0 Å². The summed E-state index contributed by atoms with van der Waals surface area (Å²) in [6.07, 6.45) is 1.62. The summed E-state index contributed by atoms with van der Waals surface area (Å²) in [5.74, 6) is -2.43. The van der Waals surface area contributed by atoms with Crippen LogP contribution in [-0.4, -0.2) is 34.2 Å². The SMILES string of the molecule is O=S(=O)(Nc1ccc(S(=O)(=O)N2CCCC2)cc1)c1ccc(F)c(F)c1. The van der Waals surface area contributed by atoms with Gasteiger partial charge in [-0.05, 0) is 55.3 Å². The van der Waals surface area contributed by atoms with Crippen LogP contribution >= 0.6 is 0 Å². The van der Waals surface area contributed by atoms with Crippen molar-refractivity contribution in [1.82, 2.24) is 4.31 Å². The number of sulfonamides is 2. The normalized spacial score (nSPS) is 15.9. The molecule has 3 rings (SSSR count). The first-order valence-corrected chi connectivity index (χ1v) is 10.7. The lowest BCUT2D eigenvalue weighted by molar-refractivity contribution is 0.477. The Bertz CT molecular complexity index is 1020. The lowest BCUT2D eigenvalue weighted by Gasteiger charge is -2.16. The maximum absolute atomic E-state index is 13.2. The molecule has 0 spiro atoms. The molecule has 1 heterocycles. The molecule has 140 valence electrons. The van der Waals surface area contributed by atoms with E-state index in [1.54, 1.807) is 0 Å². The number of hydrogen-bond acceptors (Lipinski definition) is 4. The summed E-state index contributed by atoms with van der Waals surface area (Å²) in [7, 11) is -7.73. The maximum Gasteiger partial charge on any atom is 0.261 e. The zero-order chi connectivity index (χ0) is 18.9. The van der Waals surface area contributed by atoms with Crippen molar-refractivity contribution in [2.45, 2.75) is 22.6 Å². The Balaban J connectivity index is 1.81. The molecule has 0 radical (unpaired) electrons. The Morgan fingerprint density at radius 1 is 0.808 bits per heavy atom. The Kier molecular flexibility index (Phi) is 5.00. The largest absolute Gasteiger partial charge is 0.280 e. The monoisotopic (exact) mass is 402 g/mol. The van der Waals surface area contributed by atoms with Crippen LogP contribution in [0, 0.1) is 11.6 Å². The van der Waals surface area contributed by atoms with Crippen LogP contribution < -0.4 is 4.72 Å². The number of halogens is 2. The molecule has 0 bridgehead atoms. The second-order valence-corrected chi connectivity index (χ2v) is 9.44. The topological polar surface area (TPSA) is 83.5 Å². The lowest BCUT2D eigenvalue weighted by Crippen LogP contribution is -2.27. The van der Waals surface area contributed by atoms with Crippen LogP contribution in [0.25, 0.3) is 0 Å². The van der Waals surface area contributed by atoms with Crippen molar-refractivity contribution in [2.75, 3.05) is 17.8 Å². The zero-order valence-corrected chi connectivity index (χ0v) is 15.2. The molecule has 0 saturated carbocycles. The number of hydrogen-bond donors (Lipinski definition) is 1. The van der Waals surface area contributed by atoms with Crippen molar-refractivity contribution in [3.8, 4) is 0 Å². The predicted molar refractivity (Wildman–Crippen MR) is 91.6 cm³/mol. The summed E-state index contributed by atoms with van der Waals surface area (Å²) in [5.41, 5.74) is 0.107. The molecule has 2 aromatic rings. The van der Waals surface area contributed by atoms with Crippen LogP contribution in [0.4, 0.5) is 14.5 Å². The molecule has 1 aliphatic heterocycles. The Labute approximate surface area is 150 Å². The second kappa shape index (κ2) is 6.93. The first kappa shape index (κ1) is 18.7. The van der Waals surface area contributed by atoms with Crippen LogP contribution in [0.1, 0.15) is 12.8 Å². The van der Waals surface area contributed by atoms with Gasteiger partial charge in [0.2, 0.25) is 10.0 Å². The first-order valence-electron chi connectivity index (χ1n) is 7.78. The van der Waals surface area contributed by atoms with Gasteiger partial charge in [0.15, 0.2) is 11.6 Å². The minimum atomic E-state index is -4.13. The van der Waals surface area contributed by atoms with E-state index in [0.717, 1.165) is 25.0 Å². The van der Waals surface area contributed by atoms with Crippen LogP contribution in [0.15, 0.2) is 52.3 Å². The quantitative estimate of drug-likeness (QED) is 0.833. The molecular weight excluding hydrogens is 386 g/mol. The van der Waals surface area contributed by atoms with E-state index in [1.165, 1.54) is 28.6 Å². The number of nitrogens with zero attached hydrogens (tertiary/aromatic N) is 1. The molecule has 0 aliphatic carbocycles. The molecule has 0 unspecified atom stereocenters. The molecule has 1 fully saturated rings. The van der Waals surface area contributed by atoms with Gasteiger partial charge in [-0.25, -0.2) is 25.6 Å². The Morgan fingerprint density at radius 2 is 1.38 bits per heavy atom. The van der Waals surface area contributed by atoms with Crippen LogP contribution in [0.2, 0.25) is 0 Å². The fourth-order valence-corrected chi connectivity index (χ4v) is 5.22. The van der Waals surface area contributed by atoms with E-state index in [4.69, 9.17) is 0 Å². The van der Waals surface area contributed by atoms with E-state index in [0.29, 0.717) is 19.2 Å². The summed E-state index contributed by atoms with van der Waals surface area (Å²) < 4.78 is 79.1. The van der Waals surface area contributed by atoms with E-state index < -0.39 is 36.6 Å². The van der Waals surface area contributed by atoms with E-state index in [1.807, 2.05) is 0 Å². The lowest BCUT2D eigenvalue weighted by atomic mass is 10.3. The minimum Gasteiger partial charge on any atom is -0.280 e. The predicted octanol–water partition coefficient (Wildman–Crippen LogP) is 2.55. The highest BCUT2D eigenvalue weighted by atomic mass is 32.2. The fraction of sp³-hybridized carbons (Fsp3) is 0.250. The van der Waals surface area contributed by atoms with Crippen LogP contribution in [0.3, 0.4) is 0 Å². The molecule has 26 heavy (non-hydrogen) atoms. The summed E-state index contributed by atoms with van der Waals surface area (Å²) in [6.45, 7) is 0.930. The number of anilines is 1. The van der Waals surface area contributed by atoms with Crippen molar-refractivity contribution >= 4 is 25.7 Å². The molecule has 10 heteroatoms. The van der Waals surface area contributed by atoms with Gasteiger partial charge in [0, 0.05) is 18.8 Å². The summed E-state index contributed by atoms with van der Waals surface area (Å²) in [4.78, 5) is -0.375. The smallest absolute Gasteiger partial charge is 0.261 e. The molecular formula is C16H16F2N2O4S2. The van der Waals surface area contributed by atoms with Gasteiger partial charge in [0.25, 0.3) is 10.0 Å². The third-order valence-electron chi connectivity index (χ3n) is 4.01. The Hall–Kier alpha value is -2.04. The Morgan fingerprint density at radius 3 is 1.96 bits per heavy atom. The van der Waals surface area contributed by atoms with E-state index in [9.17, 15) is 25.6 Å². The van der Waals surface area contributed by atoms with Gasteiger partial charge in [0.1, 0.15) is 0 Å². The van der Waals surface area contributed by atoms with Crippen molar-refractivity contribution in [3.63, 3.8) is 0 Å². The van der Waals surface area contributed by atoms with Gasteiger partial charge >= 0.3 is 0 Å². The highest BCUT2D eigenvalue weighted by Crippen LogP contribution is 2.23. The van der Waals surface area contributed by atoms with Gasteiger partial charge in [-0.15, -0.1) is 0 Å². The highest BCUT2D eigenvalue weighted by molar-refractivity contribution is 7.92. The number of benzene rings is 2. The van der Waals surface area contributed by atoms with E-state index in [-0.39, 0.29) is 10.6 Å². The molecule has 0 aromatic heterocycles. The van der Waals surface area contributed by atoms with E-state index in [2.05, 4.69) is 4.72 Å². The molecule has 1 saturated heterocycles. The summed E-state index contributed by atoms with van der Waals surface area (Å²) >= 11 is 0. The average Bonchev–Trinajstić information content (AvgIpc) is 3.13. The number of rotatable bonds is 5. The molecule has 0 amide bonds. The maximum atomic E-state index is 13.2. The molecule has 0 atom stereocenters. The molecule has 2 aromatic carbocycles. The average molecular weight is 402 g/mol. The van der Waals surface area contributed by atoms with Gasteiger partial charge in [-0.3, -0.25) is 4.72 Å². The molecule has 6 nitrogen and oxygen atoms in total. The molecule has 1 N–H and O–H groups in total. The van der Waals surface area contributed by atoms with Crippen LogP contribution in [-0.2, 0) is 20.0 Å². The van der Waals surface area contributed by atoms with Crippen molar-refractivity contribution in [2.24, 2.45) is 0 Å². The first-order chi connectivity index (χ1) is 12.2. The van der Waals surface area contributed by atoms with Gasteiger partial charge in [0.05, 0.1) is 9.79 Å².